The Balaban J connectivity index is 1.92. The van der Waals surface area contributed by atoms with Crippen LogP contribution >= 0.6 is 11.6 Å². The Labute approximate surface area is 173 Å². The summed E-state index contributed by atoms with van der Waals surface area (Å²) < 4.78 is 38.8. The monoisotopic (exact) mass is 434 g/mol. The molecule has 0 radical (unpaired) electrons. The summed E-state index contributed by atoms with van der Waals surface area (Å²) in [6.07, 6.45) is -4.59. The first-order chi connectivity index (χ1) is 14.2. The molecule has 0 aliphatic rings. The van der Waals surface area contributed by atoms with E-state index in [0.717, 1.165) is 18.2 Å². The number of rotatable bonds is 3. The average molecular weight is 435 g/mol. The fourth-order valence-electron chi connectivity index (χ4n) is 2.43. The van der Waals surface area contributed by atoms with Crippen LogP contribution in [-0.2, 0) is 6.18 Å². The lowest BCUT2D eigenvalue weighted by Crippen LogP contribution is -2.36. The van der Waals surface area contributed by atoms with Gasteiger partial charge < -0.3 is 10.3 Å². The molecule has 0 spiro atoms. The van der Waals surface area contributed by atoms with Gasteiger partial charge in [0.2, 0.25) is 11.5 Å². The van der Waals surface area contributed by atoms with Crippen LogP contribution < -0.4 is 16.2 Å². The number of alkyl halides is 3. The Morgan fingerprint density at radius 2 is 1.73 bits per heavy atom. The zero-order valence-electron chi connectivity index (χ0n) is 15.1. The lowest BCUT2D eigenvalue weighted by atomic mass is 10.1. The predicted octanol–water partition coefficient (Wildman–Crippen LogP) is 4.58. The maximum atomic E-state index is 12.9. The van der Waals surface area contributed by atoms with E-state index in [1.165, 1.54) is 24.3 Å². The fraction of sp³-hybridized carbons (Fsp3) is 0.0500. The highest BCUT2D eigenvalue weighted by Crippen LogP contribution is 2.29. The van der Waals surface area contributed by atoms with Gasteiger partial charge in [-0.2, -0.15) is 18.2 Å². The summed E-state index contributed by atoms with van der Waals surface area (Å²) in [7, 11) is 0. The molecule has 3 rings (SSSR count). The van der Waals surface area contributed by atoms with Crippen molar-refractivity contribution in [3.63, 3.8) is 0 Å². The maximum Gasteiger partial charge on any atom is 0.416 e. The smallest absolute Gasteiger partial charge is 0.326 e. The number of carbonyl (C=O) groups is 1. The molecular weight excluding hydrogens is 421 g/mol. The molecule has 0 unspecified atom stereocenters. The van der Waals surface area contributed by atoms with E-state index in [1.807, 2.05) is 0 Å². The van der Waals surface area contributed by atoms with Crippen LogP contribution in [-0.4, -0.2) is 16.9 Å². The molecule has 30 heavy (non-hydrogen) atoms. The summed E-state index contributed by atoms with van der Waals surface area (Å²) in [5.74, 6) is -0.828. The van der Waals surface area contributed by atoms with Gasteiger partial charge in [0, 0.05) is 22.3 Å². The number of benzene rings is 2. The van der Waals surface area contributed by atoms with Crippen molar-refractivity contribution < 1.29 is 18.0 Å². The standard InChI is InChI=1S/C20H14ClF3N4O2/c21-14-6-2-7-15(11-14)25-19(27-16-8-3-9-17(29)26-16)28-18(30)12-4-1-5-13(10-12)20(22,23)24/h1-11H,(H3,25,26,27,28,29,30). The molecule has 1 aromatic heterocycles. The van der Waals surface area contributed by atoms with E-state index < -0.39 is 23.2 Å². The number of hydrogen-bond acceptors (Lipinski definition) is 3. The number of nitrogens with one attached hydrogen (secondary N) is 3. The van der Waals surface area contributed by atoms with Crippen LogP contribution in [0.15, 0.2) is 76.5 Å². The van der Waals surface area contributed by atoms with Crippen LogP contribution in [0.5, 0.6) is 0 Å². The molecule has 10 heteroatoms. The number of aliphatic imine (C=N–C) groups is 1. The van der Waals surface area contributed by atoms with Gasteiger partial charge in [0.1, 0.15) is 5.82 Å². The number of aromatic amines is 1. The molecule has 1 heterocycles. The van der Waals surface area contributed by atoms with Gasteiger partial charge in [0.05, 0.1) is 5.56 Å². The van der Waals surface area contributed by atoms with Crippen molar-refractivity contribution >= 4 is 35.0 Å². The molecule has 0 fully saturated rings. The van der Waals surface area contributed by atoms with Gasteiger partial charge in [-0.3, -0.25) is 14.9 Å². The van der Waals surface area contributed by atoms with Crippen molar-refractivity contribution in [2.75, 3.05) is 5.32 Å². The van der Waals surface area contributed by atoms with Crippen molar-refractivity contribution in [2.24, 2.45) is 4.99 Å². The highest BCUT2D eigenvalue weighted by molar-refractivity contribution is 6.31. The van der Waals surface area contributed by atoms with Crippen molar-refractivity contribution in [3.8, 4) is 0 Å². The van der Waals surface area contributed by atoms with Gasteiger partial charge in [0.25, 0.3) is 5.91 Å². The second-order valence-corrected chi connectivity index (χ2v) is 6.47. The van der Waals surface area contributed by atoms with Gasteiger partial charge in [0.15, 0.2) is 0 Å². The van der Waals surface area contributed by atoms with Crippen LogP contribution in [0.25, 0.3) is 0 Å². The number of anilines is 1. The van der Waals surface area contributed by atoms with E-state index in [4.69, 9.17) is 11.6 Å². The minimum Gasteiger partial charge on any atom is -0.326 e. The van der Waals surface area contributed by atoms with Gasteiger partial charge >= 0.3 is 6.18 Å². The Hall–Kier alpha value is -3.59. The second kappa shape index (κ2) is 8.83. The number of hydrogen-bond donors (Lipinski definition) is 3. The van der Waals surface area contributed by atoms with Gasteiger partial charge in [-0.05, 0) is 42.5 Å². The minimum atomic E-state index is -4.59. The van der Waals surface area contributed by atoms with E-state index in [-0.39, 0.29) is 17.3 Å². The van der Waals surface area contributed by atoms with E-state index >= 15 is 0 Å². The van der Waals surface area contributed by atoms with Crippen LogP contribution in [0, 0.1) is 0 Å². The molecule has 154 valence electrons. The molecule has 0 saturated heterocycles. The molecule has 0 bridgehead atoms. The summed E-state index contributed by atoms with van der Waals surface area (Å²) >= 11 is 5.95. The Morgan fingerprint density at radius 3 is 2.43 bits per heavy atom. The molecule has 0 aliphatic carbocycles. The summed E-state index contributed by atoms with van der Waals surface area (Å²) in [4.78, 5) is 30.6. The summed E-state index contributed by atoms with van der Waals surface area (Å²) in [5.41, 5.74) is -1.12. The molecule has 1 amide bonds. The minimum absolute atomic E-state index is 0.122. The average Bonchev–Trinajstić information content (AvgIpc) is 2.67. The van der Waals surface area contributed by atoms with Crippen LogP contribution in [0.4, 0.5) is 24.7 Å². The van der Waals surface area contributed by atoms with Gasteiger partial charge in [-0.25, -0.2) is 0 Å². The third-order valence-electron chi connectivity index (χ3n) is 3.76. The zero-order chi connectivity index (χ0) is 21.7. The van der Waals surface area contributed by atoms with E-state index in [2.05, 4.69) is 20.6 Å². The maximum absolute atomic E-state index is 12.9. The number of nitrogens with zero attached hydrogens (tertiary/aromatic N) is 1. The molecule has 0 aliphatic heterocycles. The molecule has 2 aromatic carbocycles. The van der Waals surface area contributed by atoms with Crippen LogP contribution in [0.1, 0.15) is 15.9 Å². The number of halogens is 4. The number of aromatic nitrogens is 1. The van der Waals surface area contributed by atoms with Crippen LogP contribution in [0.3, 0.4) is 0 Å². The quantitative estimate of drug-likeness (QED) is 0.416. The fourth-order valence-corrected chi connectivity index (χ4v) is 2.62. The lowest BCUT2D eigenvalue weighted by molar-refractivity contribution is -0.137. The number of carbonyl (C=O) groups excluding carboxylic acids is 1. The largest absolute Gasteiger partial charge is 0.416 e. The lowest BCUT2D eigenvalue weighted by Gasteiger charge is -2.13. The summed E-state index contributed by atoms with van der Waals surface area (Å²) in [6.45, 7) is 0. The number of H-pyrrole nitrogens is 1. The predicted molar refractivity (Wildman–Crippen MR) is 108 cm³/mol. The number of amides is 1. The third kappa shape index (κ3) is 5.71. The highest BCUT2D eigenvalue weighted by Gasteiger charge is 2.31. The number of guanidine groups is 1. The van der Waals surface area contributed by atoms with Crippen molar-refractivity contribution in [1.82, 2.24) is 10.3 Å². The first-order valence-corrected chi connectivity index (χ1v) is 8.88. The topological polar surface area (TPSA) is 86.3 Å². The third-order valence-corrected chi connectivity index (χ3v) is 3.99. The molecule has 3 N–H and O–H groups in total. The molecule has 3 aromatic rings. The second-order valence-electron chi connectivity index (χ2n) is 6.03. The molecule has 0 atom stereocenters. The summed E-state index contributed by atoms with van der Waals surface area (Å²) in [6, 6.07) is 14.7. The van der Waals surface area contributed by atoms with Crippen molar-refractivity contribution in [2.45, 2.75) is 6.18 Å². The van der Waals surface area contributed by atoms with E-state index in [0.29, 0.717) is 10.7 Å². The number of pyridine rings is 1. The first kappa shape index (κ1) is 21.1. The van der Waals surface area contributed by atoms with Crippen molar-refractivity contribution in [1.29, 1.82) is 0 Å². The van der Waals surface area contributed by atoms with Crippen LogP contribution in [0.2, 0.25) is 5.02 Å². The SMILES string of the molecule is O=C(N/C(=N/c1cccc(=O)[nH]1)Nc1cccc(Cl)c1)c1cccc(C(F)(F)F)c1. The Morgan fingerprint density at radius 1 is 1.00 bits per heavy atom. The normalized spacial score (nSPS) is 11.8. The first-order valence-electron chi connectivity index (χ1n) is 8.50. The van der Waals surface area contributed by atoms with Gasteiger partial charge in [-0.1, -0.05) is 29.8 Å². The van der Waals surface area contributed by atoms with Crippen molar-refractivity contribution in [3.05, 3.63) is 93.2 Å². The molecule has 6 nitrogen and oxygen atoms in total. The highest BCUT2D eigenvalue weighted by atomic mass is 35.5. The van der Waals surface area contributed by atoms with E-state index in [9.17, 15) is 22.8 Å². The molecule has 0 saturated carbocycles. The zero-order valence-corrected chi connectivity index (χ0v) is 15.9. The Kier molecular flexibility index (Phi) is 6.22. The Bertz CT molecular complexity index is 1160. The summed E-state index contributed by atoms with van der Waals surface area (Å²) in [5, 5.41) is 5.65. The van der Waals surface area contributed by atoms with Gasteiger partial charge in [-0.15, -0.1) is 0 Å². The molecular formula is C20H14ClF3N4O2. The van der Waals surface area contributed by atoms with E-state index in [1.54, 1.807) is 24.3 Å².